The summed E-state index contributed by atoms with van der Waals surface area (Å²) in [6.45, 7) is 4.76. The second-order valence-electron chi connectivity index (χ2n) is 8.23. The zero-order valence-electron chi connectivity index (χ0n) is 16.0. The molecule has 3 fully saturated rings. The van der Waals surface area contributed by atoms with E-state index in [-0.39, 0.29) is 5.91 Å². The van der Waals surface area contributed by atoms with Crippen molar-refractivity contribution in [1.82, 2.24) is 10.2 Å². The number of rotatable bonds is 7. The molecule has 2 saturated heterocycles. The first kappa shape index (κ1) is 18.3. The van der Waals surface area contributed by atoms with Gasteiger partial charge in [0.1, 0.15) is 5.75 Å². The largest absolute Gasteiger partial charge is 0.494 e. The molecule has 0 bridgehead atoms. The van der Waals surface area contributed by atoms with Crippen molar-refractivity contribution in [3.8, 4) is 11.8 Å². The molecule has 1 aromatic carbocycles. The van der Waals surface area contributed by atoms with Gasteiger partial charge in [-0.2, -0.15) is 5.26 Å². The number of hydrogen-bond donors (Lipinski definition) is 1. The number of ether oxygens (including phenoxy) is 1. The molecule has 4 rings (SSSR count). The Morgan fingerprint density at radius 2 is 2.11 bits per heavy atom. The number of hydrogen-bond acceptors (Lipinski definition) is 4. The molecule has 5 nitrogen and oxygen atoms in total. The second-order valence-corrected chi connectivity index (χ2v) is 8.23. The lowest BCUT2D eigenvalue weighted by Crippen LogP contribution is -2.42. The van der Waals surface area contributed by atoms with E-state index in [1.54, 1.807) is 6.07 Å². The van der Waals surface area contributed by atoms with E-state index in [1.807, 2.05) is 17.0 Å². The van der Waals surface area contributed by atoms with Crippen LogP contribution in [-0.4, -0.2) is 43.6 Å². The number of nitriles is 1. The van der Waals surface area contributed by atoms with E-state index in [9.17, 15) is 10.1 Å². The Morgan fingerprint density at radius 1 is 1.30 bits per heavy atom. The van der Waals surface area contributed by atoms with E-state index >= 15 is 0 Å². The molecule has 27 heavy (non-hydrogen) atoms. The summed E-state index contributed by atoms with van der Waals surface area (Å²) in [5, 5.41) is 12.9. The number of amides is 1. The number of likely N-dealkylation sites (tertiary alicyclic amines) is 1. The highest BCUT2D eigenvalue weighted by atomic mass is 16.5. The van der Waals surface area contributed by atoms with Gasteiger partial charge in [-0.25, -0.2) is 0 Å². The molecule has 2 heterocycles. The highest BCUT2D eigenvalue weighted by Crippen LogP contribution is 2.49. The summed E-state index contributed by atoms with van der Waals surface area (Å²) in [5.41, 5.74) is 1.36. The fraction of sp³-hybridized carbons (Fsp3) is 0.636. The van der Waals surface area contributed by atoms with Crippen molar-refractivity contribution in [2.45, 2.75) is 38.5 Å². The van der Waals surface area contributed by atoms with Crippen molar-refractivity contribution in [1.29, 1.82) is 5.26 Å². The average molecular weight is 367 g/mol. The van der Waals surface area contributed by atoms with Crippen LogP contribution in [0.15, 0.2) is 18.2 Å². The zero-order valence-corrected chi connectivity index (χ0v) is 16.0. The van der Waals surface area contributed by atoms with Crippen molar-refractivity contribution >= 4 is 5.91 Å². The summed E-state index contributed by atoms with van der Waals surface area (Å²) in [7, 11) is 0. The van der Waals surface area contributed by atoms with Gasteiger partial charge in [0.2, 0.25) is 5.91 Å². The van der Waals surface area contributed by atoms with Crippen molar-refractivity contribution in [2.75, 3.05) is 32.8 Å². The standard InChI is InChI=1S/C22H29N3O2/c23-15-19-12-20(3-2-17(19)14-22(26)25-9-1-10-25)27-11-6-18-13-21(18)16-4-7-24-8-5-16/h2-3,12,16,18,21,24H,1,4-11,13-14H2. The number of benzene rings is 1. The normalized spacial score (nSPS) is 24.8. The number of carbonyl (C=O) groups is 1. The topological polar surface area (TPSA) is 65.4 Å². The first-order valence-corrected chi connectivity index (χ1v) is 10.4. The van der Waals surface area contributed by atoms with Crippen LogP contribution in [0.2, 0.25) is 0 Å². The van der Waals surface area contributed by atoms with Gasteiger partial charge >= 0.3 is 0 Å². The molecular formula is C22H29N3O2. The van der Waals surface area contributed by atoms with Crippen LogP contribution in [0.1, 0.15) is 43.2 Å². The molecule has 0 aromatic heterocycles. The Hall–Kier alpha value is -2.06. The number of carbonyl (C=O) groups excluding carboxylic acids is 1. The predicted molar refractivity (Wildman–Crippen MR) is 103 cm³/mol. The van der Waals surface area contributed by atoms with Gasteiger partial charge in [0.05, 0.1) is 24.7 Å². The van der Waals surface area contributed by atoms with E-state index in [4.69, 9.17) is 4.74 Å². The summed E-state index contributed by atoms with van der Waals surface area (Å²) in [5.74, 6) is 3.48. The van der Waals surface area contributed by atoms with E-state index in [0.717, 1.165) is 55.0 Å². The molecule has 0 spiro atoms. The van der Waals surface area contributed by atoms with E-state index in [2.05, 4.69) is 11.4 Å². The van der Waals surface area contributed by atoms with Crippen molar-refractivity contribution in [2.24, 2.45) is 17.8 Å². The highest BCUT2D eigenvalue weighted by molar-refractivity contribution is 5.80. The Bertz CT molecular complexity index is 717. The fourth-order valence-corrected chi connectivity index (χ4v) is 4.52. The Morgan fingerprint density at radius 3 is 2.81 bits per heavy atom. The summed E-state index contributed by atoms with van der Waals surface area (Å²) in [4.78, 5) is 14.0. The molecule has 1 aliphatic carbocycles. The first-order chi connectivity index (χ1) is 13.2. The minimum Gasteiger partial charge on any atom is -0.494 e. The molecule has 5 heteroatoms. The van der Waals surface area contributed by atoms with Crippen LogP contribution in [0, 0.1) is 29.1 Å². The van der Waals surface area contributed by atoms with Gasteiger partial charge in [0.25, 0.3) is 0 Å². The molecule has 1 aromatic rings. The maximum atomic E-state index is 12.1. The van der Waals surface area contributed by atoms with Gasteiger partial charge in [-0.05, 0) is 80.6 Å². The molecule has 2 atom stereocenters. The number of nitrogens with one attached hydrogen (secondary N) is 1. The lowest BCUT2D eigenvalue weighted by Gasteiger charge is -2.31. The maximum absolute atomic E-state index is 12.1. The minimum absolute atomic E-state index is 0.115. The summed E-state index contributed by atoms with van der Waals surface area (Å²) in [6, 6.07) is 7.78. The molecule has 3 aliphatic rings. The molecule has 1 saturated carbocycles. The van der Waals surface area contributed by atoms with Gasteiger partial charge in [-0.1, -0.05) is 6.07 Å². The molecule has 1 N–H and O–H groups in total. The smallest absolute Gasteiger partial charge is 0.227 e. The molecule has 2 aliphatic heterocycles. The SMILES string of the molecule is N#Cc1cc(OCCC2CC2C2CCNCC2)ccc1CC(=O)N1CCC1. The van der Waals surface area contributed by atoms with Crippen LogP contribution in [0.5, 0.6) is 5.75 Å². The summed E-state index contributed by atoms with van der Waals surface area (Å²) in [6.07, 6.45) is 6.50. The van der Waals surface area contributed by atoms with Crippen LogP contribution in [0.4, 0.5) is 0 Å². The van der Waals surface area contributed by atoms with E-state index in [0.29, 0.717) is 18.6 Å². The van der Waals surface area contributed by atoms with Gasteiger partial charge in [-0.3, -0.25) is 4.79 Å². The van der Waals surface area contributed by atoms with Crippen molar-refractivity contribution in [3.05, 3.63) is 29.3 Å². The second kappa shape index (κ2) is 8.31. The predicted octanol–water partition coefficient (Wildman–Crippen LogP) is 2.74. The van der Waals surface area contributed by atoms with E-state index < -0.39 is 0 Å². The Kier molecular flexibility index (Phi) is 5.63. The lowest BCUT2D eigenvalue weighted by molar-refractivity contribution is -0.133. The van der Waals surface area contributed by atoms with Crippen LogP contribution in [-0.2, 0) is 11.2 Å². The Labute approximate surface area is 161 Å². The van der Waals surface area contributed by atoms with Crippen LogP contribution in [0.3, 0.4) is 0 Å². The molecule has 2 unspecified atom stereocenters. The van der Waals surface area contributed by atoms with Gasteiger partial charge in [0.15, 0.2) is 0 Å². The summed E-state index contributed by atoms with van der Waals surface area (Å²) >= 11 is 0. The monoisotopic (exact) mass is 367 g/mol. The third-order valence-corrected chi connectivity index (χ3v) is 6.48. The van der Waals surface area contributed by atoms with Gasteiger partial charge < -0.3 is 15.0 Å². The molecular weight excluding hydrogens is 338 g/mol. The third kappa shape index (κ3) is 4.44. The minimum atomic E-state index is 0.115. The van der Waals surface area contributed by atoms with Gasteiger partial charge in [-0.15, -0.1) is 0 Å². The van der Waals surface area contributed by atoms with Crippen LogP contribution < -0.4 is 10.1 Å². The third-order valence-electron chi connectivity index (χ3n) is 6.48. The fourth-order valence-electron chi connectivity index (χ4n) is 4.52. The van der Waals surface area contributed by atoms with Crippen LogP contribution >= 0.6 is 0 Å². The van der Waals surface area contributed by atoms with Crippen molar-refractivity contribution in [3.63, 3.8) is 0 Å². The first-order valence-electron chi connectivity index (χ1n) is 10.4. The number of nitrogens with zero attached hydrogens (tertiary/aromatic N) is 2. The number of piperidine rings is 1. The van der Waals surface area contributed by atoms with E-state index in [1.165, 1.54) is 32.4 Å². The highest BCUT2D eigenvalue weighted by Gasteiger charge is 2.42. The molecule has 1 amide bonds. The lowest BCUT2D eigenvalue weighted by atomic mass is 9.91. The van der Waals surface area contributed by atoms with Crippen molar-refractivity contribution < 1.29 is 9.53 Å². The zero-order chi connectivity index (χ0) is 18.6. The quantitative estimate of drug-likeness (QED) is 0.805. The van der Waals surface area contributed by atoms with Gasteiger partial charge in [0, 0.05) is 13.1 Å². The Balaban J connectivity index is 1.24. The van der Waals surface area contributed by atoms with Crippen LogP contribution in [0.25, 0.3) is 0 Å². The molecule has 0 radical (unpaired) electrons. The summed E-state index contributed by atoms with van der Waals surface area (Å²) < 4.78 is 5.92. The average Bonchev–Trinajstić information content (AvgIpc) is 3.41. The molecule has 144 valence electrons. The maximum Gasteiger partial charge on any atom is 0.227 e.